The number of para-hydroxylation sites is 1. The number of aromatic nitrogens is 2. The Balaban J connectivity index is 1.21. The minimum atomic E-state index is -0.165. The number of amides is 1. The van der Waals surface area contributed by atoms with E-state index in [1.807, 2.05) is 42.3 Å². The molecule has 2 N–H and O–H groups in total. The molecule has 6 rings (SSSR count). The van der Waals surface area contributed by atoms with Gasteiger partial charge in [-0.3, -0.25) is 9.69 Å². The topological polar surface area (TPSA) is 76.6 Å². The van der Waals surface area contributed by atoms with Crippen LogP contribution in [0.4, 0.5) is 28.8 Å². The Morgan fingerprint density at radius 3 is 2.70 bits per heavy atom. The number of benzene rings is 2. The highest BCUT2D eigenvalue weighted by molar-refractivity contribution is 6.34. The summed E-state index contributed by atoms with van der Waals surface area (Å²) in [7, 11) is 1.90. The molecule has 1 aromatic heterocycles. The van der Waals surface area contributed by atoms with E-state index in [1.165, 1.54) is 12.1 Å². The Morgan fingerprint density at radius 2 is 1.97 bits per heavy atom. The average molecular weight is 462 g/mol. The SMILES string of the molecule is CN1CN(c2ccccc2Cl)C(=O)c2cnc(Nc3ccc(N4C[C@@H]5C[C@H]4CN5)cc3)nc21. The van der Waals surface area contributed by atoms with Crippen LogP contribution in [0.15, 0.2) is 54.7 Å². The fourth-order valence-corrected chi connectivity index (χ4v) is 5.20. The van der Waals surface area contributed by atoms with E-state index >= 15 is 0 Å². The van der Waals surface area contributed by atoms with Crippen LogP contribution < -0.4 is 25.3 Å². The van der Waals surface area contributed by atoms with Crippen LogP contribution in [0.2, 0.25) is 5.02 Å². The van der Waals surface area contributed by atoms with Gasteiger partial charge in [-0.25, -0.2) is 4.98 Å². The number of hydrogen-bond acceptors (Lipinski definition) is 7. The molecule has 2 saturated heterocycles. The third kappa shape index (κ3) is 3.55. The predicted molar refractivity (Wildman–Crippen MR) is 131 cm³/mol. The molecule has 2 aromatic carbocycles. The summed E-state index contributed by atoms with van der Waals surface area (Å²) in [4.78, 5) is 28.2. The lowest BCUT2D eigenvalue weighted by molar-refractivity contribution is 0.0982. The van der Waals surface area contributed by atoms with Crippen LogP contribution >= 0.6 is 11.6 Å². The van der Waals surface area contributed by atoms with Gasteiger partial charge in [0.2, 0.25) is 5.95 Å². The van der Waals surface area contributed by atoms with E-state index in [4.69, 9.17) is 11.6 Å². The van der Waals surface area contributed by atoms with Gasteiger partial charge in [0, 0.05) is 49.8 Å². The summed E-state index contributed by atoms with van der Waals surface area (Å²) < 4.78 is 0. The molecule has 0 unspecified atom stereocenters. The molecule has 8 nitrogen and oxygen atoms in total. The smallest absolute Gasteiger partial charge is 0.265 e. The van der Waals surface area contributed by atoms with Gasteiger partial charge in [-0.1, -0.05) is 23.7 Å². The van der Waals surface area contributed by atoms with Gasteiger partial charge < -0.3 is 20.4 Å². The number of nitrogens with zero attached hydrogens (tertiary/aromatic N) is 5. The first-order chi connectivity index (χ1) is 16.1. The number of fused-ring (bicyclic) bond motifs is 3. The van der Waals surface area contributed by atoms with Crippen molar-refractivity contribution in [1.29, 1.82) is 0 Å². The quantitative estimate of drug-likeness (QED) is 0.616. The van der Waals surface area contributed by atoms with E-state index in [-0.39, 0.29) is 5.91 Å². The van der Waals surface area contributed by atoms with Gasteiger partial charge in [0.1, 0.15) is 11.4 Å². The fraction of sp³-hybridized carbons (Fsp3) is 0.292. The van der Waals surface area contributed by atoms with Crippen LogP contribution in [0.3, 0.4) is 0 Å². The number of carbonyl (C=O) groups is 1. The first kappa shape index (κ1) is 20.3. The molecule has 0 radical (unpaired) electrons. The van der Waals surface area contributed by atoms with Gasteiger partial charge in [0.15, 0.2) is 0 Å². The summed E-state index contributed by atoms with van der Waals surface area (Å²) in [6.07, 6.45) is 2.80. The molecule has 9 heteroatoms. The second-order valence-electron chi connectivity index (χ2n) is 8.77. The van der Waals surface area contributed by atoms with Crippen molar-refractivity contribution in [2.45, 2.75) is 18.5 Å². The molecule has 33 heavy (non-hydrogen) atoms. The second kappa shape index (κ2) is 7.90. The van der Waals surface area contributed by atoms with E-state index in [9.17, 15) is 4.79 Å². The number of carbonyl (C=O) groups excluding carboxylic acids is 1. The average Bonchev–Trinajstić information content (AvgIpc) is 3.46. The van der Waals surface area contributed by atoms with Crippen molar-refractivity contribution in [2.75, 3.05) is 46.8 Å². The number of rotatable bonds is 4. The minimum absolute atomic E-state index is 0.165. The van der Waals surface area contributed by atoms with Crippen molar-refractivity contribution in [3.05, 3.63) is 65.3 Å². The van der Waals surface area contributed by atoms with E-state index < -0.39 is 0 Å². The molecule has 3 aliphatic rings. The van der Waals surface area contributed by atoms with Gasteiger partial charge in [-0.15, -0.1) is 0 Å². The molecule has 2 atom stereocenters. The zero-order valence-corrected chi connectivity index (χ0v) is 19.0. The maximum Gasteiger partial charge on any atom is 0.265 e. The molecule has 0 saturated carbocycles. The third-order valence-corrected chi connectivity index (χ3v) is 6.93. The molecular weight excluding hydrogens is 438 g/mol. The molecule has 4 heterocycles. The number of nitrogens with one attached hydrogen (secondary N) is 2. The summed E-state index contributed by atoms with van der Waals surface area (Å²) in [5, 5.41) is 7.34. The van der Waals surface area contributed by atoms with Crippen LogP contribution in [0.25, 0.3) is 0 Å². The maximum absolute atomic E-state index is 13.1. The third-order valence-electron chi connectivity index (χ3n) is 6.61. The van der Waals surface area contributed by atoms with Crippen molar-refractivity contribution in [3.8, 4) is 0 Å². The van der Waals surface area contributed by atoms with Crippen molar-refractivity contribution >= 4 is 46.3 Å². The van der Waals surface area contributed by atoms with E-state index in [0.29, 0.717) is 46.8 Å². The minimum Gasteiger partial charge on any atom is -0.366 e. The molecule has 3 aliphatic heterocycles. The number of hydrogen-bond donors (Lipinski definition) is 2. The highest BCUT2D eigenvalue weighted by Gasteiger charge is 2.37. The van der Waals surface area contributed by atoms with Gasteiger partial charge in [0.25, 0.3) is 5.91 Å². The van der Waals surface area contributed by atoms with Crippen LogP contribution in [0, 0.1) is 0 Å². The Morgan fingerprint density at radius 1 is 1.15 bits per heavy atom. The molecular formula is C24H24ClN7O. The van der Waals surface area contributed by atoms with Crippen molar-refractivity contribution in [2.24, 2.45) is 0 Å². The Bertz CT molecular complexity index is 1220. The first-order valence-corrected chi connectivity index (χ1v) is 11.5. The molecule has 3 aromatic rings. The molecule has 2 bridgehead atoms. The van der Waals surface area contributed by atoms with Crippen LogP contribution in [0.5, 0.6) is 0 Å². The summed E-state index contributed by atoms with van der Waals surface area (Å²) in [6.45, 7) is 2.48. The van der Waals surface area contributed by atoms with Crippen LogP contribution in [-0.2, 0) is 0 Å². The predicted octanol–water partition coefficient (Wildman–Crippen LogP) is 3.48. The lowest BCUT2D eigenvalue weighted by Gasteiger charge is -2.35. The first-order valence-electron chi connectivity index (χ1n) is 11.1. The van der Waals surface area contributed by atoms with Gasteiger partial charge >= 0.3 is 0 Å². The zero-order chi connectivity index (χ0) is 22.5. The highest BCUT2D eigenvalue weighted by atomic mass is 35.5. The van der Waals surface area contributed by atoms with Gasteiger partial charge in [-0.05, 0) is 42.8 Å². The normalized spacial score (nSPS) is 21.5. The van der Waals surface area contributed by atoms with Gasteiger partial charge in [0.05, 0.1) is 17.4 Å². The molecule has 1 amide bonds. The molecule has 0 spiro atoms. The van der Waals surface area contributed by atoms with Crippen molar-refractivity contribution in [3.63, 3.8) is 0 Å². The highest BCUT2D eigenvalue weighted by Crippen LogP contribution is 2.33. The standard InChI is InChI=1S/C24H24ClN7O/c1-30-14-32(21-5-3-2-4-20(21)25)23(33)19-12-27-24(29-22(19)30)28-15-6-8-17(9-7-15)31-13-16-10-18(31)11-26-16/h2-9,12,16,18,26H,10-11,13-14H2,1H3,(H,27,28,29)/t16-,18-/m0/s1. The van der Waals surface area contributed by atoms with Crippen LogP contribution in [-0.4, -0.2) is 54.8 Å². The Labute approximate surface area is 197 Å². The number of anilines is 5. The summed E-state index contributed by atoms with van der Waals surface area (Å²) in [6, 6.07) is 16.9. The van der Waals surface area contributed by atoms with E-state index in [0.717, 1.165) is 18.8 Å². The summed E-state index contributed by atoms with van der Waals surface area (Å²) in [5.41, 5.74) is 3.27. The Hall–Kier alpha value is -3.36. The van der Waals surface area contributed by atoms with E-state index in [1.54, 1.807) is 17.2 Å². The van der Waals surface area contributed by atoms with E-state index in [2.05, 4.69) is 37.6 Å². The monoisotopic (exact) mass is 461 g/mol. The summed E-state index contributed by atoms with van der Waals surface area (Å²) in [5.74, 6) is 0.885. The van der Waals surface area contributed by atoms with Gasteiger partial charge in [-0.2, -0.15) is 4.98 Å². The molecule has 2 fully saturated rings. The second-order valence-corrected chi connectivity index (χ2v) is 9.18. The van der Waals surface area contributed by atoms with Crippen molar-refractivity contribution < 1.29 is 4.79 Å². The Kier molecular flexibility index (Phi) is 4.85. The van der Waals surface area contributed by atoms with Crippen LogP contribution in [0.1, 0.15) is 16.8 Å². The molecule has 0 aliphatic carbocycles. The molecule has 168 valence electrons. The van der Waals surface area contributed by atoms with Crippen molar-refractivity contribution in [1.82, 2.24) is 15.3 Å². The number of piperazine rings is 1. The largest absolute Gasteiger partial charge is 0.366 e. The lowest BCUT2D eigenvalue weighted by atomic mass is 10.2. The summed E-state index contributed by atoms with van der Waals surface area (Å²) >= 11 is 6.32. The number of halogens is 1. The zero-order valence-electron chi connectivity index (χ0n) is 18.2. The fourth-order valence-electron chi connectivity index (χ4n) is 4.96. The maximum atomic E-state index is 13.1. The lowest BCUT2D eigenvalue weighted by Crippen LogP contribution is -2.46.